The maximum absolute atomic E-state index is 2.00. The van der Waals surface area contributed by atoms with Crippen molar-refractivity contribution in [2.45, 2.75) is 41.5 Å². The molecule has 132 valence electrons. The van der Waals surface area contributed by atoms with Gasteiger partial charge in [0.05, 0.1) is 0 Å². The van der Waals surface area contributed by atoms with Gasteiger partial charge >= 0.3 is 0 Å². The van der Waals surface area contributed by atoms with E-state index in [1.54, 1.807) is 0 Å². The van der Waals surface area contributed by atoms with E-state index in [0.29, 0.717) is 0 Å². The summed E-state index contributed by atoms with van der Waals surface area (Å²) in [6.45, 7) is 12.0. The zero-order valence-electron chi connectivity index (χ0n) is 19.4. The van der Waals surface area contributed by atoms with Crippen LogP contribution in [0.25, 0.3) is 0 Å². The van der Waals surface area contributed by atoms with Crippen LogP contribution in [0.15, 0.2) is 36.4 Å². The van der Waals surface area contributed by atoms with E-state index in [0.717, 1.165) is 0 Å². The Labute approximate surface area is 477 Å². The van der Waals surface area contributed by atoms with Gasteiger partial charge in [-0.15, -0.1) is 0 Å². The predicted octanol–water partition coefficient (Wildman–Crippen LogP) is 6.09. The fraction of sp³-hybridized carbons (Fsp3) is 0.400. The Morgan fingerprint density at radius 2 is 0.259 bits per heavy atom. The van der Waals surface area contributed by atoms with Crippen molar-refractivity contribution in [3.63, 3.8) is 0 Å². The van der Waals surface area contributed by atoms with Gasteiger partial charge in [-0.25, -0.2) is 0 Å². The molecule has 0 aliphatic rings. The minimum absolute atomic E-state index is 0. The van der Waals surface area contributed by atoms with Crippen LogP contribution in [0.1, 0.15) is 41.5 Å². The molecule has 0 fully saturated rings. The van der Waals surface area contributed by atoms with Gasteiger partial charge < -0.3 is 22.3 Å². The molecule has 0 N–H and O–H groups in total. The van der Waals surface area contributed by atoms with Crippen LogP contribution in [0.3, 0.4) is 0 Å². The second-order valence-electron chi connectivity index (χ2n) is 1.15. The molecule has 12 heteroatoms. The maximum atomic E-state index is 2.00. The molecule has 0 heterocycles. The van der Waals surface area contributed by atoms with E-state index in [1.807, 2.05) is 77.9 Å². The first-order chi connectivity index (χ1) is 6.00. The Balaban J connectivity index is -0.00000000228. The first kappa shape index (κ1) is 127. The molecule has 0 aliphatic carbocycles. The predicted molar refractivity (Wildman–Crippen MR) is 79.7 cm³/mol. The third kappa shape index (κ3) is 150. The van der Waals surface area contributed by atoms with Crippen LogP contribution in [0.5, 0.6) is 0 Å². The van der Waals surface area contributed by atoms with E-state index in [4.69, 9.17) is 0 Å². The van der Waals surface area contributed by atoms with Gasteiger partial charge in [-0.3, -0.25) is 0 Å². The number of rotatable bonds is 0. The summed E-state index contributed by atoms with van der Waals surface area (Å²) in [7, 11) is 0. The number of hydrogen-bond acceptors (Lipinski definition) is 0. The fourth-order valence-electron chi connectivity index (χ4n) is 0.385. The van der Waals surface area contributed by atoms with Crippen molar-refractivity contribution in [3.05, 3.63) is 58.7 Å². The van der Waals surface area contributed by atoms with Gasteiger partial charge in [0.2, 0.25) is 0 Å². The Bertz CT molecular complexity index is 98.7. The first-order valence-corrected chi connectivity index (χ1v) is 5.00. The normalized spacial score (nSPS) is 2.44. The van der Waals surface area contributed by atoms with Crippen LogP contribution in [0.4, 0.5) is 0 Å². The van der Waals surface area contributed by atoms with Gasteiger partial charge in [-0.2, -0.15) is 0 Å². The molecule has 0 aromatic heterocycles. The zero-order valence-corrected chi connectivity index (χ0v) is 53.5. The molecule has 0 bridgehead atoms. The third-order valence-corrected chi connectivity index (χ3v) is 0.667. The van der Waals surface area contributed by atoms with Crippen molar-refractivity contribution in [2.24, 2.45) is 0 Å². The fourth-order valence-corrected chi connectivity index (χ4v) is 0.385. The van der Waals surface area contributed by atoms with Gasteiger partial charge in [-0.05, 0) is 0 Å². The summed E-state index contributed by atoms with van der Waals surface area (Å²) < 4.78 is 0. The van der Waals surface area contributed by atoms with Crippen molar-refractivity contribution in [2.75, 3.05) is 0 Å². The van der Waals surface area contributed by atoms with Crippen LogP contribution in [-0.2, 0) is 393 Å². The molecule has 1 aromatic rings. The summed E-state index contributed by atoms with van der Waals surface area (Å²) in [4.78, 5) is 0. The van der Waals surface area contributed by atoms with Gasteiger partial charge in [0.15, 0.2) is 0 Å². The number of benzene rings is 1. The average molecular weight is 1280 g/mol. The SMILES string of the molecule is CC.CC.CC.[CH3-].[CH3-].[CH3-].[Y].[Y].[Y].[Y].[Y].[Y].[Y].[Y].[Y].[Y].[Y].[Y].c1ccccc1. The van der Waals surface area contributed by atoms with Gasteiger partial charge in [0, 0.05) is 393 Å². The molecule has 27 heavy (non-hydrogen) atoms. The summed E-state index contributed by atoms with van der Waals surface area (Å²) in [6, 6.07) is 12.0. The molecule has 0 unspecified atom stereocenters. The van der Waals surface area contributed by atoms with Crippen molar-refractivity contribution in [3.8, 4) is 0 Å². The molecule has 0 saturated heterocycles. The quantitative estimate of drug-likeness (QED) is 0.277. The zero-order chi connectivity index (χ0) is 10.2. The minimum Gasteiger partial charge on any atom is -0.358 e. The van der Waals surface area contributed by atoms with E-state index in [1.165, 1.54) is 0 Å². The van der Waals surface area contributed by atoms with Crippen molar-refractivity contribution in [1.29, 1.82) is 0 Å². The molecule has 1 aromatic carbocycles. The van der Waals surface area contributed by atoms with Gasteiger partial charge in [0.25, 0.3) is 0 Å². The minimum atomic E-state index is 0. The molecule has 1 rings (SSSR count). The number of hydrogen-bond donors (Lipinski definition) is 0. The van der Waals surface area contributed by atoms with Crippen LogP contribution in [-0.4, -0.2) is 0 Å². The molecule has 0 saturated carbocycles. The standard InChI is InChI=1S/C6H6.3C2H6.3CH3.12Y/c1-2-4-6-5-3-1;3*1-2;;;;;;;;;;;;;;;/h1-6H;3*1-2H3;3*1H3;;;;;;;;;;;;/q;;;;3*-1;;;;;;;;;;;;. The molecule has 0 spiro atoms. The largest absolute Gasteiger partial charge is 0.358 e. The van der Waals surface area contributed by atoms with E-state index in [-0.39, 0.29) is 415 Å². The van der Waals surface area contributed by atoms with Crippen molar-refractivity contribution in [1.82, 2.24) is 0 Å². The van der Waals surface area contributed by atoms with E-state index >= 15 is 0 Å². The van der Waals surface area contributed by atoms with Crippen LogP contribution >= 0.6 is 0 Å². The molecular formula is C15H33Y12-3. The summed E-state index contributed by atoms with van der Waals surface area (Å²) >= 11 is 0. The smallest absolute Gasteiger partial charge is 0 e. The van der Waals surface area contributed by atoms with Gasteiger partial charge in [-0.1, -0.05) is 77.9 Å². The summed E-state index contributed by atoms with van der Waals surface area (Å²) in [5, 5.41) is 0. The Morgan fingerprint density at radius 1 is 0.222 bits per heavy atom. The molecule has 12 radical (unpaired) electrons. The second-order valence-corrected chi connectivity index (χ2v) is 1.15. The first-order valence-electron chi connectivity index (χ1n) is 5.00. The average Bonchev–Trinajstić information content (AvgIpc) is 2.29. The molecule has 0 aliphatic heterocycles. The van der Waals surface area contributed by atoms with Crippen LogP contribution < -0.4 is 0 Å². The topological polar surface area (TPSA) is 0 Å². The summed E-state index contributed by atoms with van der Waals surface area (Å²) in [6.07, 6.45) is 0. The monoisotopic (exact) mass is 1280 g/mol. The van der Waals surface area contributed by atoms with Crippen LogP contribution in [0, 0.1) is 22.3 Å². The second kappa shape index (κ2) is 158. The summed E-state index contributed by atoms with van der Waals surface area (Å²) in [5.74, 6) is 0. The van der Waals surface area contributed by atoms with Crippen molar-refractivity contribution >= 4 is 0 Å². The Kier molecular flexibility index (Phi) is 743. The van der Waals surface area contributed by atoms with E-state index in [9.17, 15) is 0 Å². The molecule has 0 nitrogen and oxygen atoms in total. The summed E-state index contributed by atoms with van der Waals surface area (Å²) in [5.41, 5.74) is 0. The Morgan fingerprint density at radius 3 is 0.296 bits per heavy atom. The third-order valence-electron chi connectivity index (χ3n) is 0.667. The van der Waals surface area contributed by atoms with E-state index < -0.39 is 0 Å². The molecule has 0 amide bonds. The molecule has 0 atom stereocenters. The van der Waals surface area contributed by atoms with Crippen molar-refractivity contribution < 1.29 is 393 Å². The van der Waals surface area contributed by atoms with E-state index in [2.05, 4.69) is 0 Å². The Hall–Kier alpha value is 12.5. The van der Waals surface area contributed by atoms with Gasteiger partial charge in [0.1, 0.15) is 0 Å². The maximum Gasteiger partial charge on any atom is 0 e. The molecular weight excluding hydrogens is 1250 g/mol. The van der Waals surface area contributed by atoms with Crippen LogP contribution in [0.2, 0.25) is 0 Å².